The molecule has 1 aliphatic heterocycles. The van der Waals surface area contributed by atoms with Crippen LogP contribution in [0.15, 0.2) is 58.1 Å². The predicted octanol–water partition coefficient (Wildman–Crippen LogP) is 3.59. The number of furan rings is 1. The summed E-state index contributed by atoms with van der Waals surface area (Å²) in [5.74, 6) is 1.38. The summed E-state index contributed by atoms with van der Waals surface area (Å²) in [5.41, 5.74) is 2.02. The van der Waals surface area contributed by atoms with Gasteiger partial charge in [-0.15, -0.1) is 0 Å². The van der Waals surface area contributed by atoms with Crippen LogP contribution in [-0.2, 0) is 0 Å². The van der Waals surface area contributed by atoms with E-state index in [-0.39, 0.29) is 5.82 Å². The van der Waals surface area contributed by atoms with Crippen molar-refractivity contribution >= 4 is 16.6 Å². The van der Waals surface area contributed by atoms with E-state index in [1.165, 1.54) is 12.1 Å². The van der Waals surface area contributed by atoms with E-state index in [0.717, 1.165) is 46.6 Å². The maximum absolute atomic E-state index is 13.0. The maximum atomic E-state index is 13.0. The Morgan fingerprint density at radius 3 is 2.62 bits per heavy atom. The molecule has 1 N–H and O–H groups in total. The van der Waals surface area contributed by atoms with E-state index in [9.17, 15) is 4.39 Å². The van der Waals surface area contributed by atoms with Gasteiger partial charge in [-0.2, -0.15) is 0 Å². The molecule has 4 rings (SSSR count). The van der Waals surface area contributed by atoms with Gasteiger partial charge in [0, 0.05) is 17.3 Å². The molecule has 0 amide bonds. The van der Waals surface area contributed by atoms with Crippen molar-refractivity contribution < 1.29 is 8.81 Å². The van der Waals surface area contributed by atoms with Gasteiger partial charge in [0.25, 0.3) is 0 Å². The van der Waals surface area contributed by atoms with Crippen molar-refractivity contribution in [1.29, 1.82) is 0 Å². The minimum atomic E-state index is -0.226. The first-order chi connectivity index (χ1) is 10.3. The molecule has 0 saturated heterocycles. The molecule has 3 aromatic rings. The Hall–Kier alpha value is -2.62. The standard InChI is InChI=1S/C17H13FN2O/c18-14-4-1-11(2-5-14)12-3-6-15-13(9-12)10-21-16(15)17-19-7-8-20-17/h1-6,9-10H,7-8H2,(H,19,20). The lowest BCUT2D eigenvalue weighted by Crippen LogP contribution is -2.18. The molecule has 0 saturated carbocycles. The number of amidine groups is 1. The largest absolute Gasteiger partial charge is 0.460 e. The van der Waals surface area contributed by atoms with Crippen LogP contribution in [0.3, 0.4) is 0 Å². The fourth-order valence-electron chi connectivity index (χ4n) is 2.61. The maximum Gasteiger partial charge on any atom is 0.176 e. The van der Waals surface area contributed by atoms with Gasteiger partial charge in [0.15, 0.2) is 11.6 Å². The fraction of sp³-hybridized carbons (Fsp3) is 0.118. The van der Waals surface area contributed by atoms with Crippen LogP contribution in [0.25, 0.3) is 21.9 Å². The second kappa shape index (κ2) is 4.74. The number of hydrogen-bond donors (Lipinski definition) is 1. The summed E-state index contributed by atoms with van der Waals surface area (Å²) in [6.07, 6.45) is 1.74. The Kier molecular flexibility index (Phi) is 2.74. The van der Waals surface area contributed by atoms with Crippen LogP contribution >= 0.6 is 0 Å². The number of benzene rings is 2. The third-order valence-corrected chi connectivity index (χ3v) is 3.67. The highest BCUT2D eigenvalue weighted by Gasteiger charge is 2.15. The Bertz CT molecular complexity index is 834. The normalized spacial score (nSPS) is 14.2. The van der Waals surface area contributed by atoms with E-state index in [0.29, 0.717) is 0 Å². The molecule has 1 aromatic heterocycles. The molecule has 0 spiro atoms. The number of hydrogen-bond acceptors (Lipinski definition) is 3. The van der Waals surface area contributed by atoms with Gasteiger partial charge in [-0.25, -0.2) is 4.39 Å². The van der Waals surface area contributed by atoms with Crippen molar-refractivity contribution in [3.8, 4) is 11.1 Å². The van der Waals surface area contributed by atoms with Crippen LogP contribution < -0.4 is 5.32 Å². The monoisotopic (exact) mass is 280 g/mol. The minimum Gasteiger partial charge on any atom is -0.460 e. The average Bonchev–Trinajstić information content (AvgIpc) is 3.16. The van der Waals surface area contributed by atoms with Crippen LogP contribution in [0.5, 0.6) is 0 Å². The molecular formula is C17H13FN2O. The third-order valence-electron chi connectivity index (χ3n) is 3.67. The molecule has 104 valence electrons. The molecule has 0 radical (unpaired) electrons. The number of halogens is 1. The zero-order valence-corrected chi connectivity index (χ0v) is 11.3. The van der Waals surface area contributed by atoms with Gasteiger partial charge in [0.05, 0.1) is 12.8 Å². The molecule has 0 atom stereocenters. The van der Waals surface area contributed by atoms with Crippen molar-refractivity contribution in [2.24, 2.45) is 4.99 Å². The average molecular weight is 280 g/mol. The lowest BCUT2D eigenvalue weighted by Gasteiger charge is -2.02. The van der Waals surface area contributed by atoms with Gasteiger partial charge in [0.2, 0.25) is 0 Å². The summed E-state index contributed by atoms with van der Waals surface area (Å²) < 4.78 is 18.7. The second-order valence-electron chi connectivity index (χ2n) is 5.03. The van der Waals surface area contributed by atoms with E-state index >= 15 is 0 Å². The van der Waals surface area contributed by atoms with Gasteiger partial charge < -0.3 is 9.73 Å². The Balaban J connectivity index is 1.79. The molecule has 0 bridgehead atoms. The van der Waals surface area contributed by atoms with Crippen molar-refractivity contribution in [3.63, 3.8) is 0 Å². The molecule has 2 aromatic carbocycles. The number of rotatable bonds is 2. The topological polar surface area (TPSA) is 37.5 Å². The summed E-state index contributed by atoms with van der Waals surface area (Å²) in [6.45, 7) is 1.64. The molecule has 4 heteroatoms. The van der Waals surface area contributed by atoms with E-state index < -0.39 is 0 Å². The Labute approximate surface area is 121 Å². The molecule has 0 fully saturated rings. The highest BCUT2D eigenvalue weighted by atomic mass is 19.1. The SMILES string of the molecule is Fc1ccc(-c2ccc3c(C4=NCCN4)occ3c2)cc1. The van der Waals surface area contributed by atoms with Crippen LogP contribution in [0.1, 0.15) is 5.76 Å². The summed E-state index contributed by atoms with van der Waals surface area (Å²) in [5, 5.41) is 5.27. The van der Waals surface area contributed by atoms with Gasteiger partial charge in [-0.05, 0) is 35.4 Å². The molecular weight excluding hydrogens is 267 g/mol. The summed E-state index contributed by atoms with van der Waals surface area (Å²) >= 11 is 0. The second-order valence-corrected chi connectivity index (χ2v) is 5.03. The first-order valence-electron chi connectivity index (χ1n) is 6.87. The zero-order valence-electron chi connectivity index (χ0n) is 11.3. The van der Waals surface area contributed by atoms with E-state index in [2.05, 4.69) is 10.3 Å². The van der Waals surface area contributed by atoms with Crippen molar-refractivity contribution in [3.05, 3.63) is 60.3 Å². The van der Waals surface area contributed by atoms with Gasteiger partial charge >= 0.3 is 0 Å². The lowest BCUT2D eigenvalue weighted by atomic mass is 10.0. The van der Waals surface area contributed by atoms with Gasteiger partial charge in [0.1, 0.15) is 5.82 Å². The van der Waals surface area contributed by atoms with Gasteiger partial charge in [-0.1, -0.05) is 18.2 Å². The first-order valence-corrected chi connectivity index (χ1v) is 6.87. The molecule has 2 heterocycles. The predicted molar refractivity (Wildman–Crippen MR) is 81.0 cm³/mol. The highest BCUT2D eigenvalue weighted by Crippen LogP contribution is 2.28. The summed E-state index contributed by atoms with van der Waals surface area (Å²) in [7, 11) is 0. The van der Waals surface area contributed by atoms with Crippen molar-refractivity contribution in [1.82, 2.24) is 5.32 Å². The summed E-state index contributed by atoms with van der Waals surface area (Å²) in [4.78, 5) is 4.39. The Morgan fingerprint density at radius 1 is 1.05 bits per heavy atom. The minimum absolute atomic E-state index is 0.226. The Morgan fingerprint density at radius 2 is 1.86 bits per heavy atom. The molecule has 21 heavy (non-hydrogen) atoms. The smallest absolute Gasteiger partial charge is 0.176 e. The number of nitrogens with zero attached hydrogens (tertiary/aromatic N) is 1. The number of fused-ring (bicyclic) bond motifs is 1. The van der Waals surface area contributed by atoms with E-state index in [1.54, 1.807) is 18.4 Å². The summed E-state index contributed by atoms with van der Waals surface area (Å²) in [6, 6.07) is 12.6. The molecule has 3 nitrogen and oxygen atoms in total. The van der Waals surface area contributed by atoms with Crippen LogP contribution in [-0.4, -0.2) is 18.9 Å². The van der Waals surface area contributed by atoms with Crippen LogP contribution in [0, 0.1) is 5.82 Å². The zero-order chi connectivity index (χ0) is 14.2. The third kappa shape index (κ3) is 2.09. The van der Waals surface area contributed by atoms with E-state index in [1.807, 2.05) is 18.2 Å². The quantitative estimate of drug-likeness (QED) is 0.779. The lowest BCUT2D eigenvalue weighted by molar-refractivity contribution is 0.560. The van der Waals surface area contributed by atoms with Gasteiger partial charge in [-0.3, -0.25) is 4.99 Å². The van der Waals surface area contributed by atoms with Crippen LogP contribution in [0.4, 0.5) is 4.39 Å². The van der Waals surface area contributed by atoms with E-state index in [4.69, 9.17) is 4.42 Å². The molecule has 0 unspecified atom stereocenters. The number of nitrogens with one attached hydrogen (secondary N) is 1. The highest BCUT2D eigenvalue weighted by molar-refractivity contribution is 6.08. The fourth-order valence-corrected chi connectivity index (χ4v) is 2.61. The first kappa shape index (κ1) is 12.1. The number of aliphatic imine (C=N–C) groups is 1. The van der Waals surface area contributed by atoms with Crippen LogP contribution in [0.2, 0.25) is 0 Å². The van der Waals surface area contributed by atoms with Crippen molar-refractivity contribution in [2.75, 3.05) is 13.1 Å². The molecule has 1 aliphatic rings. The van der Waals surface area contributed by atoms with Crippen molar-refractivity contribution in [2.45, 2.75) is 0 Å². The molecule has 0 aliphatic carbocycles.